The van der Waals surface area contributed by atoms with Crippen LogP contribution in [0.3, 0.4) is 0 Å². The van der Waals surface area contributed by atoms with Gasteiger partial charge in [-0.25, -0.2) is 4.39 Å². The molecule has 2 unspecified atom stereocenters. The zero-order valence-electron chi connectivity index (χ0n) is 11.4. The third-order valence-corrected chi connectivity index (χ3v) is 4.00. The van der Waals surface area contributed by atoms with E-state index in [-0.39, 0.29) is 23.7 Å². The number of amides is 1. The normalized spacial score (nSPS) is 13.9. The van der Waals surface area contributed by atoms with Crippen molar-refractivity contribution < 1.29 is 9.18 Å². The highest BCUT2D eigenvalue weighted by molar-refractivity contribution is 7.99. The largest absolute Gasteiger partial charge is 0.356 e. The Bertz CT molecular complexity index is 395. The van der Waals surface area contributed by atoms with Crippen molar-refractivity contribution in [2.75, 3.05) is 12.3 Å². The van der Waals surface area contributed by atoms with Crippen LogP contribution in [0.4, 0.5) is 4.39 Å². The second-order valence-corrected chi connectivity index (χ2v) is 5.76. The zero-order chi connectivity index (χ0) is 14.3. The maximum absolute atomic E-state index is 12.7. The van der Waals surface area contributed by atoms with Crippen molar-refractivity contribution in [3.63, 3.8) is 0 Å². The number of carbonyl (C=O) groups excluding carboxylic acids is 1. The molecular formula is C14H21FN2OS. The number of nitrogens with one attached hydrogen (secondary N) is 1. The first-order valence-corrected chi connectivity index (χ1v) is 7.41. The van der Waals surface area contributed by atoms with Crippen LogP contribution in [0.5, 0.6) is 0 Å². The molecule has 0 radical (unpaired) electrons. The molecule has 1 amide bonds. The Balaban J connectivity index is 2.14. The fraction of sp³-hybridized carbons (Fsp3) is 0.500. The lowest BCUT2D eigenvalue weighted by Crippen LogP contribution is -2.39. The van der Waals surface area contributed by atoms with Crippen molar-refractivity contribution in [2.24, 2.45) is 11.7 Å². The maximum atomic E-state index is 12.7. The molecule has 0 aliphatic heterocycles. The summed E-state index contributed by atoms with van der Waals surface area (Å²) in [7, 11) is 0. The molecule has 0 aliphatic carbocycles. The molecule has 3 N–H and O–H groups in total. The van der Waals surface area contributed by atoms with E-state index in [0.29, 0.717) is 6.54 Å². The number of benzene rings is 1. The Morgan fingerprint density at radius 2 is 2.00 bits per heavy atom. The first-order valence-electron chi connectivity index (χ1n) is 6.42. The quantitative estimate of drug-likeness (QED) is 0.597. The van der Waals surface area contributed by atoms with Gasteiger partial charge in [-0.1, -0.05) is 6.92 Å². The second kappa shape index (κ2) is 8.17. The zero-order valence-corrected chi connectivity index (χ0v) is 12.2. The van der Waals surface area contributed by atoms with Gasteiger partial charge in [-0.15, -0.1) is 11.8 Å². The molecular weight excluding hydrogens is 263 g/mol. The minimum Gasteiger partial charge on any atom is -0.356 e. The van der Waals surface area contributed by atoms with E-state index in [1.165, 1.54) is 12.1 Å². The van der Waals surface area contributed by atoms with E-state index >= 15 is 0 Å². The molecule has 0 fully saturated rings. The van der Waals surface area contributed by atoms with Crippen molar-refractivity contribution in [1.29, 1.82) is 0 Å². The summed E-state index contributed by atoms with van der Waals surface area (Å²) in [6, 6.07) is 6.30. The average Bonchev–Trinajstić information content (AvgIpc) is 2.39. The number of carbonyl (C=O) groups is 1. The van der Waals surface area contributed by atoms with Gasteiger partial charge in [0.05, 0.1) is 0 Å². The maximum Gasteiger partial charge on any atom is 0.224 e. The molecule has 0 aliphatic rings. The van der Waals surface area contributed by atoms with Crippen molar-refractivity contribution in [2.45, 2.75) is 31.2 Å². The monoisotopic (exact) mass is 284 g/mol. The van der Waals surface area contributed by atoms with Crippen LogP contribution in [0.25, 0.3) is 0 Å². The van der Waals surface area contributed by atoms with E-state index in [1.54, 1.807) is 23.9 Å². The summed E-state index contributed by atoms with van der Waals surface area (Å²) in [5, 5.41) is 2.87. The number of hydrogen-bond acceptors (Lipinski definition) is 3. The van der Waals surface area contributed by atoms with Gasteiger partial charge in [0.25, 0.3) is 0 Å². The summed E-state index contributed by atoms with van der Waals surface area (Å²) in [5.41, 5.74) is 5.66. The highest BCUT2D eigenvalue weighted by Gasteiger charge is 2.15. The van der Waals surface area contributed by atoms with Crippen LogP contribution in [0.1, 0.15) is 20.3 Å². The average molecular weight is 284 g/mol. The number of hydrogen-bond donors (Lipinski definition) is 2. The second-order valence-electron chi connectivity index (χ2n) is 4.59. The molecule has 0 saturated carbocycles. The predicted molar refractivity (Wildman–Crippen MR) is 77.6 cm³/mol. The molecule has 19 heavy (non-hydrogen) atoms. The van der Waals surface area contributed by atoms with Gasteiger partial charge in [-0.05, 0) is 43.4 Å². The van der Waals surface area contributed by atoms with Crippen molar-refractivity contribution in [3.8, 4) is 0 Å². The molecule has 0 heterocycles. The predicted octanol–water partition coefficient (Wildman–Crippen LogP) is 2.41. The highest BCUT2D eigenvalue weighted by atomic mass is 32.2. The molecule has 5 heteroatoms. The molecule has 1 aromatic carbocycles. The van der Waals surface area contributed by atoms with Gasteiger partial charge in [0.2, 0.25) is 5.91 Å². The highest BCUT2D eigenvalue weighted by Crippen LogP contribution is 2.18. The Hall–Kier alpha value is -1.07. The lowest BCUT2D eigenvalue weighted by atomic mass is 10.0. The Labute approximate surface area is 118 Å². The van der Waals surface area contributed by atoms with Gasteiger partial charge in [-0.2, -0.15) is 0 Å². The van der Waals surface area contributed by atoms with E-state index in [2.05, 4.69) is 5.32 Å². The van der Waals surface area contributed by atoms with Gasteiger partial charge in [0.15, 0.2) is 0 Å². The smallest absolute Gasteiger partial charge is 0.224 e. The van der Waals surface area contributed by atoms with Crippen LogP contribution in [0, 0.1) is 11.7 Å². The van der Waals surface area contributed by atoms with E-state index in [9.17, 15) is 9.18 Å². The number of halogens is 1. The van der Waals surface area contributed by atoms with E-state index in [1.807, 2.05) is 13.8 Å². The van der Waals surface area contributed by atoms with E-state index in [0.717, 1.165) is 17.1 Å². The molecule has 3 nitrogen and oxygen atoms in total. The van der Waals surface area contributed by atoms with Gasteiger partial charge in [0.1, 0.15) is 5.82 Å². The van der Waals surface area contributed by atoms with Crippen LogP contribution in [-0.2, 0) is 4.79 Å². The Morgan fingerprint density at radius 1 is 1.37 bits per heavy atom. The first-order chi connectivity index (χ1) is 9.00. The summed E-state index contributed by atoms with van der Waals surface area (Å²) in [4.78, 5) is 12.7. The Morgan fingerprint density at radius 3 is 2.58 bits per heavy atom. The molecule has 0 saturated heterocycles. The van der Waals surface area contributed by atoms with Crippen molar-refractivity contribution >= 4 is 17.7 Å². The van der Waals surface area contributed by atoms with E-state index < -0.39 is 0 Å². The lowest BCUT2D eigenvalue weighted by Gasteiger charge is -2.15. The molecule has 0 aromatic heterocycles. The summed E-state index contributed by atoms with van der Waals surface area (Å²) < 4.78 is 12.7. The summed E-state index contributed by atoms with van der Waals surface area (Å²) >= 11 is 1.65. The van der Waals surface area contributed by atoms with Gasteiger partial charge in [-0.3, -0.25) is 4.79 Å². The van der Waals surface area contributed by atoms with Crippen LogP contribution in [0.15, 0.2) is 29.2 Å². The summed E-state index contributed by atoms with van der Waals surface area (Å²) in [6.45, 7) is 4.30. The SMILES string of the molecule is CC(N)C(C)C(=O)NCCCSc1ccc(F)cc1. The summed E-state index contributed by atoms with van der Waals surface area (Å²) in [6.07, 6.45) is 0.874. The standard InChI is InChI=1S/C14H21FN2OS/c1-10(11(2)16)14(18)17-8-3-9-19-13-6-4-12(15)5-7-13/h4-7,10-11H,3,8-9,16H2,1-2H3,(H,17,18). The van der Waals surface area contributed by atoms with E-state index in [4.69, 9.17) is 5.73 Å². The fourth-order valence-corrected chi connectivity index (χ4v) is 2.26. The third kappa shape index (κ3) is 6.07. The van der Waals surface area contributed by atoms with Gasteiger partial charge in [0, 0.05) is 23.4 Å². The van der Waals surface area contributed by atoms with Crippen molar-refractivity contribution in [3.05, 3.63) is 30.1 Å². The minimum absolute atomic E-state index is 0.00165. The number of rotatable bonds is 7. The Kier molecular flexibility index (Phi) is 6.87. The molecule has 106 valence electrons. The molecule has 1 aromatic rings. The molecule has 0 spiro atoms. The van der Waals surface area contributed by atoms with Crippen LogP contribution in [-0.4, -0.2) is 24.2 Å². The first kappa shape index (κ1) is 16.0. The minimum atomic E-state index is -0.221. The molecule has 2 atom stereocenters. The fourth-order valence-electron chi connectivity index (χ4n) is 1.40. The van der Waals surface area contributed by atoms with Crippen LogP contribution in [0.2, 0.25) is 0 Å². The topological polar surface area (TPSA) is 55.1 Å². The number of nitrogens with two attached hydrogens (primary N) is 1. The molecule has 1 rings (SSSR count). The lowest BCUT2D eigenvalue weighted by molar-refractivity contribution is -0.124. The van der Waals surface area contributed by atoms with Crippen LogP contribution < -0.4 is 11.1 Å². The molecule has 0 bridgehead atoms. The number of thioether (sulfide) groups is 1. The third-order valence-electron chi connectivity index (χ3n) is 2.90. The van der Waals surface area contributed by atoms with Gasteiger partial charge >= 0.3 is 0 Å². The van der Waals surface area contributed by atoms with Crippen molar-refractivity contribution in [1.82, 2.24) is 5.32 Å². The van der Waals surface area contributed by atoms with Crippen LogP contribution >= 0.6 is 11.8 Å². The summed E-state index contributed by atoms with van der Waals surface area (Å²) in [5.74, 6) is 0.506. The van der Waals surface area contributed by atoms with Gasteiger partial charge < -0.3 is 11.1 Å².